The van der Waals surface area contributed by atoms with Gasteiger partial charge < -0.3 is 10.5 Å². The van der Waals surface area contributed by atoms with Crippen molar-refractivity contribution in [2.45, 2.75) is 19.4 Å². The van der Waals surface area contributed by atoms with Crippen molar-refractivity contribution >= 4 is 11.3 Å². The first kappa shape index (κ1) is 13.6. The highest BCUT2D eigenvalue weighted by atomic mass is 32.1. The van der Waals surface area contributed by atoms with Crippen LogP contribution in [-0.4, -0.2) is 38.3 Å². The van der Waals surface area contributed by atoms with E-state index in [0.717, 1.165) is 39.2 Å². The average Bonchev–Trinajstić information content (AvgIpc) is 2.78. The minimum Gasteiger partial charge on any atom is -0.383 e. The molecule has 0 saturated carbocycles. The van der Waals surface area contributed by atoms with Gasteiger partial charge in [-0.25, -0.2) is 0 Å². The van der Waals surface area contributed by atoms with Crippen LogP contribution in [0.1, 0.15) is 17.7 Å². The standard InChI is InChI=1S/C12H22N2OS/c1-15-9-8-14(7-3-2-6-13)11-12-5-4-10-16-12/h4-5,10H,2-3,6-9,11,13H2,1H3. The molecular weight excluding hydrogens is 220 g/mol. The Morgan fingerprint density at radius 1 is 1.38 bits per heavy atom. The van der Waals surface area contributed by atoms with E-state index in [1.165, 1.54) is 11.3 Å². The third-order valence-corrected chi connectivity index (χ3v) is 3.36. The highest BCUT2D eigenvalue weighted by Crippen LogP contribution is 2.12. The summed E-state index contributed by atoms with van der Waals surface area (Å²) in [5.41, 5.74) is 5.51. The third-order valence-electron chi connectivity index (χ3n) is 2.50. The first-order valence-corrected chi connectivity index (χ1v) is 6.68. The Kier molecular flexibility index (Phi) is 7.42. The lowest BCUT2D eigenvalue weighted by Crippen LogP contribution is -2.28. The minimum atomic E-state index is 0.789. The Labute approximate surface area is 102 Å². The molecule has 0 aliphatic rings. The number of nitrogens with two attached hydrogens (primary N) is 1. The van der Waals surface area contributed by atoms with Crippen LogP contribution in [0, 0.1) is 0 Å². The molecule has 16 heavy (non-hydrogen) atoms. The molecule has 0 radical (unpaired) electrons. The van der Waals surface area contributed by atoms with E-state index in [1.54, 1.807) is 7.11 Å². The summed E-state index contributed by atoms with van der Waals surface area (Å²) in [6.45, 7) is 4.73. The van der Waals surface area contributed by atoms with Crippen LogP contribution in [0.2, 0.25) is 0 Å². The number of ether oxygens (including phenoxy) is 1. The predicted molar refractivity (Wildman–Crippen MR) is 69.8 cm³/mol. The zero-order valence-corrected chi connectivity index (χ0v) is 10.8. The number of rotatable bonds is 9. The van der Waals surface area contributed by atoms with Crippen LogP contribution < -0.4 is 5.73 Å². The van der Waals surface area contributed by atoms with Gasteiger partial charge in [0.15, 0.2) is 0 Å². The fraction of sp³-hybridized carbons (Fsp3) is 0.667. The molecular formula is C12H22N2OS. The maximum atomic E-state index is 5.51. The zero-order valence-electron chi connectivity index (χ0n) is 10.0. The van der Waals surface area contributed by atoms with Crippen molar-refractivity contribution in [3.63, 3.8) is 0 Å². The van der Waals surface area contributed by atoms with Gasteiger partial charge in [0.05, 0.1) is 6.61 Å². The number of hydrogen-bond donors (Lipinski definition) is 1. The van der Waals surface area contributed by atoms with Gasteiger partial charge in [-0.2, -0.15) is 0 Å². The molecule has 0 aromatic carbocycles. The number of hydrogen-bond acceptors (Lipinski definition) is 4. The number of nitrogens with zero attached hydrogens (tertiary/aromatic N) is 1. The van der Waals surface area contributed by atoms with Gasteiger partial charge in [0.2, 0.25) is 0 Å². The van der Waals surface area contributed by atoms with E-state index in [4.69, 9.17) is 10.5 Å². The largest absolute Gasteiger partial charge is 0.383 e. The SMILES string of the molecule is COCCN(CCCCN)Cc1cccs1. The quantitative estimate of drug-likeness (QED) is 0.673. The lowest BCUT2D eigenvalue weighted by atomic mass is 10.3. The average molecular weight is 242 g/mol. The van der Waals surface area contributed by atoms with Crippen molar-refractivity contribution in [3.05, 3.63) is 22.4 Å². The predicted octanol–water partition coefficient (Wildman–Crippen LogP) is 1.94. The van der Waals surface area contributed by atoms with Gasteiger partial charge in [-0.3, -0.25) is 4.90 Å². The van der Waals surface area contributed by atoms with Crippen molar-refractivity contribution in [2.24, 2.45) is 5.73 Å². The summed E-state index contributed by atoms with van der Waals surface area (Å²) < 4.78 is 5.13. The summed E-state index contributed by atoms with van der Waals surface area (Å²) in [5, 5.41) is 2.13. The fourth-order valence-electron chi connectivity index (χ4n) is 1.59. The molecule has 0 unspecified atom stereocenters. The first-order chi connectivity index (χ1) is 7.86. The van der Waals surface area contributed by atoms with E-state index in [1.807, 2.05) is 11.3 Å². The van der Waals surface area contributed by atoms with E-state index >= 15 is 0 Å². The molecule has 0 saturated heterocycles. The second kappa shape index (κ2) is 8.70. The lowest BCUT2D eigenvalue weighted by molar-refractivity contribution is 0.143. The van der Waals surface area contributed by atoms with Gasteiger partial charge in [0.1, 0.15) is 0 Å². The Balaban J connectivity index is 2.31. The molecule has 1 rings (SSSR count). The van der Waals surface area contributed by atoms with Gasteiger partial charge in [-0.1, -0.05) is 6.07 Å². The molecule has 0 fully saturated rings. The molecule has 2 N–H and O–H groups in total. The van der Waals surface area contributed by atoms with Crippen molar-refractivity contribution in [3.8, 4) is 0 Å². The van der Waals surface area contributed by atoms with Gasteiger partial charge >= 0.3 is 0 Å². The van der Waals surface area contributed by atoms with Crippen LogP contribution in [0.4, 0.5) is 0 Å². The summed E-state index contributed by atoms with van der Waals surface area (Å²) >= 11 is 1.82. The molecule has 1 aromatic rings. The van der Waals surface area contributed by atoms with Crippen LogP contribution in [0.3, 0.4) is 0 Å². The molecule has 0 spiro atoms. The van der Waals surface area contributed by atoms with Gasteiger partial charge in [0.25, 0.3) is 0 Å². The normalized spacial score (nSPS) is 11.2. The Morgan fingerprint density at radius 3 is 2.88 bits per heavy atom. The second-order valence-corrected chi connectivity index (χ2v) is 4.88. The van der Waals surface area contributed by atoms with E-state index < -0.39 is 0 Å². The number of thiophene rings is 1. The van der Waals surface area contributed by atoms with E-state index in [2.05, 4.69) is 22.4 Å². The molecule has 0 aliphatic heterocycles. The van der Waals surface area contributed by atoms with Gasteiger partial charge in [-0.15, -0.1) is 11.3 Å². The smallest absolute Gasteiger partial charge is 0.0589 e. The van der Waals surface area contributed by atoms with E-state index in [9.17, 15) is 0 Å². The van der Waals surface area contributed by atoms with E-state index in [0.29, 0.717) is 0 Å². The first-order valence-electron chi connectivity index (χ1n) is 5.80. The molecule has 3 nitrogen and oxygen atoms in total. The van der Waals surface area contributed by atoms with E-state index in [-0.39, 0.29) is 0 Å². The summed E-state index contributed by atoms with van der Waals surface area (Å²) in [6, 6.07) is 4.29. The molecule has 1 heterocycles. The van der Waals surface area contributed by atoms with Crippen LogP contribution in [-0.2, 0) is 11.3 Å². The van der Waals surface area contributed by atoms with Crippen LogP contribution in [0.15, 0.2) is 17.5 Å². The highest BCUT2D eigenvalue weighted by molar-refractivity contribution is 7.09. The summed E-state index contributed by atoms with van der Waals surface area (Å²) in [7, 11) is 1.75. The van der Waals surface area contributed by atoms with Gasteiger partial charge in [0, 0.05) is 25.1 Å². The van der Waals surface area contributed by atoms with Crippen LogP contribution in [0.5, 0.6) is 0 Å². The summed E-state index contributed by atoms with van der Waals surface area (Å²) in [5.74, 6) is 0. The Morgan fingerprint density at radius 2 is 2.25 bits per heavy atom. The molecule has 0 bridgehead atoms. The lowest BCUT2D eigenvalue weighted by Gasteiger charge is -2.21. The van der Waals surface area contributed by atoms with Crippen molar-refractivity contribution in [1.82, 2.24) is 4.90 Å². The zero-order chi connectivity index (χ0) is 11.6. The second-order valence-electron chi connectivity index (χ2n) is 3.84. The maximum absolute atomic E-state index is 5.51. The van der Waals surface area contributed by atoms with Crippen molar-refractivity contribution < 1.29 is 4.74 Å². The molecule has 0 atom stereocenters. The monoisotopic (exact) mass is 242 g/mol. The van der Waals surface area contributed by atoms with Crippen LogP contribution >= 0.6 is 11.3 Å². The Bertz CT molecular complexity index is 252. The highest BCUT2D eigenvalue weighted by Gasteiger charge is 2.05. The van der Waals surface area contributed by atoms with Crippen molar-refractivity contribution in [2.75, 3.05) is 33.4 Å². The number of methoxy groups -OCH3 is 1. The topological polar surface area (TPSA) is 38.5 Å². The molecule has 1 aromatic heterocycles. The Hall–Kier alpha value is -0.420. The molecule has 0 aliphatic carbocycles. The molecule has 92 valence electrons. The minimum absolute atomic E-state index is 0.789. The number of unbranched alkanes of at least 4 members (excludes halogenated alkanes) is 1. The fourth-order valence-corrected chi connectivity index (χ4v) is 2.34. The molecule has 4 heteroatoms. The van der Waals surface area contributed by atoms with Gasteiger partial charge in [-0.05, 0) is 37.4 Å². The van der Waals surface area contributed by atoms with Crippen LogP contribution in [0.25, 0.3) is 0 Å². The summed E-state index contributed by atoms with van der Waals surface area (Å²) in [6.07, 6.45) is 2.28. The van der Waals surface area contributed by atoms with Crippen molar-refractivity contribution in [1.29, 1.82) is 0 Å². The maximum Gasteiger partial charge on any atom is 0.0589 e. The summed E-state index contributed by atoms with van der Waals surface area (Å²) in [4.78, 5) is 3.86. The molecule has 0 amide bonds. The third kappa shape index (κ3) is 5.61.